The molecule has 4 rings (SSSR count). The molecule has 0 bridgehead atoms. The van der Waals surface area contributed by atoms with E-state index in [1.54, 1.807) is 18.2 Å². The van der Waals surface area contributed by atoms with Gasteiger partial charge in [-0.25, -0.2) is 4.98 Å². The molecule has 1 saturated heterocycles. The number of nitrogens with one attached hydrogen (secondary N) is 1. The number of thioether (sulfide) groups is 1. The summed E-state index contributed by atoms with van der Waals surface area (Å²) in [6.07, 6.45) is 0. The van der Waals surface area contributed by atoms with Gasteiger partial charge in [0.15, 0.2) is 0 Å². The number of fused-ring (bicyclic) bond motifs is 1. The first-order valence-electron chi connectivity index (χ1n) is 13.3. The smallest absolute Gasteiger partial charge is 0.313 e. The fourth-order valence-electron chi connectivity index (χ4n) is 4.92. The van der Waals surface area contributed by atoms with Gasteiger partial charge in [0.2, 0.25) is 11.5 Å². The molecule has 1 aliphatic heterocycles. The highest BCUT2D eigenvalue weighted by molar-refractivity contribution is 7.99. The van der Waals surface area contributed by atoms with Crippen molar-refractivity contribution >= 4 is 45.8 Å². The third-order valence-corrected chi connectivity index (χ3v) is 7.76. The first-order chi connectivity index (χ1) is 19.0. The van der Waals surface area contributed by atoms with Crippen LogP contribution in [0.5, 0.6) is 0 Å². The van der Waals surface area contributed by atoms with Crippen molar-refractivity contribution < 1.29 is 19.1 Å². The van der Waals surface area contributed by atoms with Gasteiger partial charge in [0.05, 0.1) is 27.6 Å². The number of oxazole rings is 1. The minimum atomic E-state index is -0.474. The Bertz CT molecular complexity index is 1400. The molecule has 2 heterocycles. The Labute approximate surface area is 236 Å². The van der Waals surface area contributed by atoms with Crippen LogP contribution in [0.2, 0.25) is 0 Å². The highest BCUT2D eigenvalue weighted by atomic mass is 32.2. The van der Waals surface area contributed by atoms with Gasteiger partial charge >= 0.3 is 5.69 Å². The molecule has 2 aromatic carbocycles. The number of nitro groups is 2. The van der Waals surface area contributed by atoms with Gasteiger partial charge < -0.3 is 9.73 Å². The molecule has 3 aromatic rings. The van der Waals surface area contributed by atoms with Crippen molar-refractivity contribution in [3.05, 3.63) is 61.7 Å². The highest BCUT2D eigenvalue weighted by Crippen LogP contribution is 2.39. The maximum atomic E-state index is 13.1. The lowest BCUT2D eigenvalue weighted by Gasteiger charge is -2.34. The summed E-state index contributed by atoms with van der Waals surface area (Å²) in [5.41, 5.74) is 2.59. The molecule has 0 saturated carbocycles. The van der Waals surface area contributed by atoms with Gasteiger partial charge in [-0.3, -0.25) is 34.8 Å². The Kier molecular flexibility index (Phi) is 9.38. The largest absolute Gasteiger partial charge is 0.424 e. The Morgan fingerprint density at radius 1 is 1.00 bits per heavy atom. The Morgan fingerprint density at radius 3 is 2.30 bits per heavy atom. The summed E-state index contributed by atoms with van der Waals surface area (Å²) in [4.78, 5) is 43.8. The van der Waals surface area contributed by atoms with E-state index in [9.17, 15) is 25.0 Å². The molecule has 0 aliphatic carbocycles. The van der Waals surface area contributed by atoms with Crippen LogP contribution in [0, 0.1) is 20.2 Å². The summed E-state index contributed by atoms with van der Waals surface area (Å²) in [7, 11) is 0. The van der Waals surface area contributed by atoms with E-state index in [2.05, 4.69) is 20.1 Å². The van der Waals surface area contributed by atoms with E-state index in [1.807, 2.05) is 27.7 Å². The number of para-hydroxylation sites is 1. The van der Waals surface area contributed by atoms with Gasteiger partial charge in [0, 0.05) is 50.6 Å². The van der Waals surface area contributed by atoms with Gasteiger partial charge in [-0.15, -0.1) is 0 Å². The van der Waals surface area contributed by atoms with Crippen LogP contribution in [0.15, 0.2) is 40.0 Å². The van der Waals surface area contributed by atoms with E-state index in [1.165, 1.54) is 23.9 Å². The average Bonchev–Trinajstić information content (AvgIpc) is 3.31. The second-order valence-electron chi connectivity index (χ2n) is 10.4. The molecule has 214 valence electrons. The van der Waals surface area contributed by atoms with Gasteiger partial charge in [-0.05, 0) is 29.5 Å². The summed E-state index contributed by atoms with van der Waals surface area (Å²) >= 11 is 1.42. The number of rotatable bonds is 11. The minimum Gasteiger partial charge on any atom is -0.424 e. The molecule has 1 N–H and O–H groups in total. The van der Waals surface area contributed by atoms with E-state index in [4.69, 9.17) is 4.42 Å². The van der Waals surface area contributed by atoms with E-state index in [-0.39, 0.29) is 46.2 Å². The molecule has 0 radical (unpaired) electrons. The summed E-state index contributed by atoms with van der Waals surface area (Å²) in [5.74, 6) is 0.503. The van der Waals surface area contributed by atoms with Crippen molar-refractivity contribution in [3.8, 4) is 0 Å². The quantitative estimate of drug-likeness (QED) is 0.184. The number of carbonyl (C=O) groups excluding carboxylic acids is 1. The third kappa shape index (κ3) is 6.77. The molecule has 40 heavy (non-hydrogen) atoms. The number of nitrogens with zero attached hydrogens (tertiary/aromatic N) is 5. The van der Waals surface area contributed by atoms with E-state index >= 15 is 0 Å². The Balaban J connectivity index is 1.29. The zero-order valence-electron chi connectivity index (χ0n) is 23.1. The zero-order chi connectivity index (χ0) is 29.0. The fraction of sp³-hybridized carbons (Fsp3) is 0.481. The summed E-state index contributed by atoms with van der Waals surface area (Å²) in [6, 6.07) is 7.96. The fourth-order valence-corrected chi connectivity index (χ4v) is 5.75. The molecule has 0 atom stereocenters. The molecule has 1 amide bonds. The average molecular weight is 571 g/mol. The van der Waals surface area contributed by atoms with Crippen LogP contribution in [-0.2, 0) is 4.79 Å². The number of amides is 1. The second-order valence-corrected chi connectivity index (χ2v) is 11.5. The second kappa shape index (κ2) is 12.7. The van der Waals surface area contributed by atoms with Crippen molar-refractivity contribution in [1.82, 2.24) is 14.8 Å². The SMILES string of the molecule is CC(C)c1ccc([N+](=O)[O-])c(C(C)C)c1NC(=O)CN1CCN(CCSc2nc3cccc([N+](=O)[O-])c3o2)CC1. The lowest BCUT2D eigenvalue weighted by Crippen LogP contribution is -2.49. The van der Waals surface area contributed by atoms with Crippen molar-refractivity contribution in [2.24, 2.45) is 0 Å². The monoisotopic (exact) mass is 570 g/mol. The van der Waals surface area contributed by atoms with Crippen LogP contribution in [0.25, 0.3) is 11.1 Å². The summed E-state index contributed by atoms with van der Waals surface area (Å²) in [6.45, 7) is 11.8. The number of hydrogen-bond donors (Lipinski definition) is 1. The number of hydrogen-bond acceptors (Lipinski definition) is 10. The molecule has 0 unspecified atom stereocenters. The summed E-state index contributed by atoms with van der Waals surface area (Å²) < 4.78 is 5.63. The number of aromatic nitrogens is 1. The van der Waals surface area contributed by atoms with Crippen molar-refractivity contribution in [1.29, 1.82) is 0 Å². The lowest BCUT2D eigenvalue weighted by atomic mass is 9.91. The van der Waals surface area contributed by atoms with Crippen molar-refractivity contribution in [2.75, 3.05) is 50.3 Å². The van der Waals surface area contributed by atoms with Crippen LogP contribution in [0.3, 0.4) is 0 Å². The van der Waals surface area contributed by atoms with E-state index in [0.717, 1.165) is 38.3 Å². The Hall–Kier alpha value is -3.55. The minimum absolute atomic E-state index is 0.0252. The van der Waals surface area contributed by atoms with E-state index < -0.39 is 4.92 Å². The van der Waals surface area contributed by atoms with Crippen LogP contribution in [0.4, 0.5) is 17.1 Å². The number of nitro benzene ring substituents is 2. The zero-order valence-corrected chi connectivity index (χ0v) is 23.9. The molecule has 1 aliphatic rings. The molecular formula is C27H34N6O6S. The highest BCUT2D eigenvalue weighted by Gasteiger charge is 2.27. The maximum absolute atomic E-state index is 13.1. The number of non-ortho nitro benzene ring substituents is 1. The maximum Gasteiger partial charge on any atom is 0.313 e. The molecule has 12 nitrogen and oxygen atoms in total. The topological polar surface area (TPSA) is 148 Å². The number of piperazine rings is 1. The molecular weight excluding hydrogens is 536 g/mol. The van der Waals surface area contributed by atoms with Gasteiger partial charge in [0.25, 0.3) is 10.9 Å². The van der Waals surface area contributed by atoms with Crippen molar-refractivity contribution in [3.63, 3.8) is 0 Å². The van der Waals surface area contributed by atoms with Crippen LogP contribution in [0.1, 0.15) is 50.7 Å². The van der Waals surface area contributed by atoms with Crippen LogP contribution >= 0.6 is 11.8 Å². The van der Waals surface area contributed by atoms with Crippen molar-refractivity contribution in [2.45, 2.75) is 44.8 Å². The summed E-state index contributed by atoms with van der Waals surface area (Å²) in [5, 5.41) is 26.3. The predicted octanol–water partition coefficient (Wildman–Crippen LogP) is 5.24. The molecule has 1 aromatic heterocycles. The van der Waals surface area contributed by atoms with Gasteiger partial charge in [-0.2, -0.15) is 0 Å². The molecule has 1 fully saturated rings. The van der Waals surface area contributed by atoms with E-state index in [0.29, 0.717) is 27.7 Å². The first kappa shape index (κ1) is 29.4. The predicted molar refractivity (Wildman–Crippen MR) is 154 cm³/mol. The third-order valence-electron chi connectivity index (χ3n) is 6.95. The normalized spacial score (nSPS) is 14.8. The number of benzene rings is 2. The lowest BCUT2D eigenvalue weighted by molar-refractivity contribution is -0.385. The van der Waals surface area contributed by atoms with Crippen LogP contribution < -0.4 is 5.32 Å². The van der Waals surface area contributed by atoms with Gasteiger partial charge in [0.1, 0.15) is 5.52 Å². The molecule has 13 heteroatoms. The number of carbonyl (C=O) groups is 1. The number of anilines is 1. The standard InChI is InChI=1S/C27H34N6O6S/c1-17(2)19-8-9-21(32(35)36)24(18(3)4)25(19)29-23(34)16-31-12-10-30(11-13-31)14-15-40-27-28-20-6-5-7-22(33(37)38)26(20)39-27/h5-9,17-18H,10-16H2,1-4H3,(H,29,34). The van der Waals surface area contributed by atoms with Crippen LogP contribution in [-0.4, -0.2) is 75.6 Å². The first-order valence-corrected chi connectivity index (χ1v) is 14.3. The Morgan fingerprint density at radius 2 is 1.68 bits per heavy atom. The molecule has 0 spiro atoms. The van der Waals surface area contributed by atoms with Gasteiger partial charge in [-0.1, -0.05) is 45.5 Å².